The van der Waals surface area contributed by atoms with Crippen LogP contribution < -0.4 is 10.1 Å². The fourth-order valence-corrected chi connectivity index (χ4v) is 2.60. The van der Waals surface area contributed by atoms with Crippen molar-refractivity contribution < 1.29 is 9.84 Å². The first-order valence-electron chi connectivity index (χ1n) is 8.32. The van der Waals surface area contributed by atoms with Gasteiger partial charge in [-0.2, -0.15) is 0 Å². The monoisotopic (exact) mass is 340 g/mol. The van der Waals surface area contributed by atoms with E-state index in [1.165, 1.54) is 0 Å². The Balaban J connectivity index is 1.50. The van der Waals surface area contributed by atoms with Crippen LogP contribution in [-0.2, 0) is 6.54 Å². The van der Waals surface area contributed by atoms with Crippen molar-refractivity contribution in [3.8, 4) is 5.75 Å². The number of benzene rings is 1. The zero-order chi connectivity index (χ0) is 17.6. The summed E-state index contributed by atoms with van der Waals surface area (Å²) in [6, 6.07) is 13.7. The van der Waals surface area contributed by atoms with Crippen molar-refractivity contribution in [1.29, 1.82) is 0 Å². The molecule has 0 saturated heterocycles. The van der Waals surface area contributed by atoms with Crippen molar-refractivity contribution >= 4 is 11.3 Å². The molecule has 132 valence electrons. The van der Waals surface area contributed by atoms with E-state index in [1.807, 2.05) is 78.3 Å². The highest BCUT2D eigenvalue weighted by Gasteiger charge is 2.06. The number of fused-ring (bicyclic) bond motifs is 1. The van der Waals surface area contributed by atoms with Crippen molar-refractivity contribution in [2.24, 2.45) is 0 Å². The van der Waals surface area contributed by atoms with Crippen LogP contribution >= 0.6 is 0 Å². The smallest absolute Gasteiger partial charge is 0.137 e. The van der Waals surface area contributed by atoms with E-state index >= 15 is 0 Å². The normalized spacial score (nSPS) is 12.5. The van der Waals surface area contributed by atoms with Gasteiger partial charge in [0.1, 0.15) is 24.1 Å². The van der Waals surface area contributed by atoms with E-state index in [2.05, 4.69) is 10.3 Å². The van der Waals surface area contributed by atoms with Crippen LogP contribution in [-0.4, -0.2) is 52.7 Å². The fourth-order valence-electron chi connectivity index (χ4n) is 2.60. The number of aromatic nitrogens is 2. The minimum Gasteiger partial charge on any atom is -0.491 e. The van der Waals surface area contributed by atoms with Crippen LogP contribution in [0.2, 0.25) is 0 Å². The molecule has 1 atom stereocenters. The zero-order valence-electron chi connectivity index (χ0n) is 14.6. The molecule has 0 radical (unpaired) electrons. The van der Waals surface area contributed by atoms with Gasteiger partial charge in [0.05, 0.1) is 12.2 Å². The molecule has 0 aliphatic rings. The maximum atomic E-state index is 9.82. The summed E-state index contributed by atoms with van der Waals surface area (Å²) in [6.07, 6.45) is 3.51. The molecule has 2 N–H and O–H groups in total. The Morgan fingerprint density at radius 2 is 2.00 bits per heavy atom. The Morgan fingerprint density at radius 3 is 2.72 bits per heavy atom. The van der Waals surface area contributed by atoms with E-state index in [0.717, 1.165) is 22.8 Å². The van der Waals surface area contributed by atoms with Crippen LogP contribution in [0, 0.1) is 0 Å². The summed E-state index contributed by atoms with van der Waals surface area (Å²) in [7, 11) is 3.85. The third-order valence-corrected chi connectivity index (χ3v) is 3.76. The first-order chi connectivity index (χ1) is 12.1. The minimum atomic E-state index is -0.497. The maximum Gasteiger partial charge on any atom is 0.137 e. The summed E-state index contributed by atoms with van der Waals surface area (Å²) in [5.74, 6) is 0.746. The topological polar surface area (TPSA) is 62.0 Å². The Morgan fingerprint density at radius 1 is 1.20 bits per heavy atom. The van der Waals surface area contributed by atoms with Crippen molar-refractivity contribution in [2.75, 3.05) is 32.6 Å². The summed E-state index contributed by atoms with van der Waals surface area (Å²) in [5, 5.41) is 13.2. The van der Waals surface area contributed by atoms with Crippen LogP contribution in [0.4, 0.5) is 5.69 Å². The number of aliphatic hydroxyl groups excluding tert-OH is 1. The molecule has 0 aliphatic heterocycles. The third-order valence-electron chi connectivity index (χ3n) is 3.76. The molecule has 0 amide bonds. The van der Waals surface area contributed by atoms with Crippen molar-refractivity contribution in [3.05, 3.63) is 60.6 Å². The van der Waals surface area contributed by atoms with E-state index in [0.29, 0.717) is 13.1 Å². The molecule has 6 nitrogen and oxygen atoms in total. The molecule has 1 aromatic carbocycles. The molecule has 6 heteroatoms. The van der Waals surface area contributed by atoms with Gasteiger partial charge in [0, 0.05) is 24.6 Å². The van der Waals surface area contributed by atoms with Gasteiger partial charge in [-0.05, 0) is 50.5 Å². The van der Waals surface area contributed by atoms with Gasteiger partial charge in [-0.1, -0.05) is 6.07 Å². The van der Waals surface area contributed by atoms with Crippen molar-refractivity contribution in [2.45, 2.75) is 12.6 Å². The number of likely N-dealkylation sites (N-methyl/N-ethyl adjacent to an activating group) is 1. The quantitative estimate of drug-likeness (QED) is 0.659. The number of nitrogens with zero attached hydrogens (tertiary/aromatic N) is 3. The first-order valence-corrected chi connectivity index (χ1v) is 8.32. The van der Waals surface area contributed by atoms with Gasteiger partial charge in [-0.25, -0.2) is 4.98 Å². The number of nitrogens with one attached hydrogen (secondary N) is 1. The molecule has 0 spiro atoms. The summed E-state index contributed by atoms with van der Waals surface area (Å²) < 4.78 is 7.61. The Kier molecular flexibility index (Phi) is 5.53. The fraction of sp³-hybridized carbons (Fsp3) is 0.316. The second-order valence-corrected chi connectivity index (χ2v) is 6.30. The van der Waals surface area contributed by atoms with Gasteiger partial charge in [-0.3, -0.25) is 0 Å². The van der Waals surface area contributed by atoms with E-state index in [4.69, 9.17) is 4.74 Å². The molecule has 3 rings (SSSR count). The molecule has 2 aromatic heterocycles. The van der Waals surface area contributed by atoms with Crippen LogP contribution in [0.15, 0.2) is 54.9 Å². The van der Waals surface area contributed by atoms with E-state index in [9.17, 15) is 5.11 Å². The molecule has 1 unspecified atom stereocenters. The van der Waals surface area contributed by atoms with Gasteiger partial charge in [0.25, 0.3) is 0 Å². The number of imidazole rings is 1. The highest BCUT2D eigenvalue weighted by atomic mass is 16.5. The molecular formula is C19H24N4O2. The molecule has 0 fully saturated rings. The van der Waals surface area contributed by atoms with Crippen LogP contribution in [0.1, 0.15) is 5.69 Å². The zero-order valence-corrected chi connectivity index (χ0v) is 14.6. The number of rotatable bonds is 8. The van der Waals surface area contributed by atoms with Crippen LogP contribution in [0.25, 0.3) is 5.65 Å². The molecule has 0 aliphatic carbocycles. The third kappa shape index (κ3) is 4.95. The lowest BCUT2D eigenvalue weighted by Crippen LogP contribution is -2.30. The SMILES string of the molecule is CN(C)CC(O)COc1ccc(NCc2cn3ccccc3n2)cc1. The molecular weight excluding hydrogens is 316 g/mol. The lowest BCUT2D eigenvalue weighted by Gasteiger charge is -2.16. The molecule has 0 saturated carbocycles. The van der Waals surface area contributed by atoms with Gasteiger partial charge in [-0.15, -0.1) is 0 Å². The van der Waals surface area contributed by atoms with E-state index < -0.39 is 6.10 Å². The Bertz CT molecular complexity index is 766. The summed E-state index contributed by atoms with van der Waals surface area (Å²) in [6.45, 7) is 1.52. The number of pyridine rings is 1. The average Bonchev–Trinajstić information content (AvgIpc) is 3.01. The Labute approximate surface area is 147 Å². The van der Waals surface area contributed by atoms with Gasteiger partial charge < -0.3 is 24.5 Å². The Hall–Kier alpha value is -2.57. The lowest BCUT2D eigenvalue weighted by molar-refractivity contribution is 0.0831. The van der Waals surface area contributed by atoms with Crippen LogP contribution in [0.5, 0.6) is 5.75 Å². The lowest BCUT2D eigenvalue weighted by atomic mass is 10.3. The van der Waals surface area contributed by atoms with Crippen molar-refractivity contribution in [3.63, 3.8) is 0 Å². The highest BCUT2D eigenvalue weighted by Crippen LogP contribution is 2.17. The van der Waals surface area contributed by atoms with Gasteiger partial charge >= 0.3 is 0 Å². The standard InChI is InChI=1S/C19H24N4O2/c1-22(2)13-17(24)14-25-18-8-6-15(7-9-18)20-11-16-12-23-10-4-3-5-19(23)21-16/h3-10,12,17,20,24H,11,13-14H2,1-2H3. The molecule has 0 bridgehead atoms. The summed E-state index contributed by atoms with van der Waals surface area (Å²) >= 11 is 0. The number of aliphatic hydroxyl groups is 1. The number of anilines is 1. The second-order valence-electron chi connectivity index (χ2n) is 6.30. The highest BCUT2D eigenvalue weighted by molar-refractivity contribution is 5.47. The van der Waals surface area contributed by atoms with E-state index in [-0.39, 0.29) is 6.61 Å². The predicted octanol–water partition coefficient (Wildman–Crippen LogP) is 2.25. The number of hydrogen-bond acceptors (Lipinski definition) is 5. The van der Waals surface area contributed by atoms with E-state index in [1.54, 1.807) is 0 Å². The largest absolute Gasteiger partial charge is 0.491 e. The van der Waals surface area contributed by atoms with Crippen LogP contribution in [0.3, 0.4) is 0 Å². The van der Waals surface area contributed by atoms with Gasteiger partial charge in [0.15, 0.2) is 0 Å². The van der Waals surface area contributed by atoms with Gasteiger partial charge in [0.2, 0.25) is 0 Å². The van der Waals surface area contributed by atoms with Crippen molar-refractivity contribution in [1.82, 2.24) is 14.3 Å². The molecule has 25 heavy (non-hydrogen) atoms. The minimum absolute atomic E-state index is 0.284. The second kappa shape index (κ2) is 8.00. The molecule has 2 heterocycles. The predicted molar refractivity (Wildman–Crippen MR) is 99.0 cm³/mol. The summed E-state index contributed by atoms with van der Waals surface area (Å²) in [4.78, 5) is 6.49. The maximum absolute atomic E-state index is 9.82. The molecule has 3 aromatic rings. The summed E-state index contributed by atoms with van der Waals surface area (Å²) in [5.41, 5.74) is 2.93. The number of hydrogen-bond donors (Lipinski definition) is 2. The average molecular weight is 340 g/mol. The number of ether oxygens (including phenoxy) is 1. The first kappa shape index (κ1) is 17.3.